The first-order valence-corrected chi connectivity index (χ1v) is 5.95. The minimum absolute atomic E-state index is 0.00454. The average molecular weight is 219 g/mol. The van der Waals surface area contributed by atoms with Gasteiger partial charge in [-0.2, -0.15) is 0 Å². The van der Waals surface area contributed by atoms with Crippen LogP contribution in [0.25, 0.3) is 0 Å². The number of hydrogen-bond acceptors (Lipinski definition) is 3. The molecule has 16 heavy (non-hydrogen) atoms. The Bertz CT molecular complexity index is 385. The molecule has 0 saturated heterocycles. The number of para-hydroxylation sites is 2. The summed E-state index contributed by atoms with van der Waals surface area (Å²) >= 11 is 0. The first-order chi connectivity index (χ1) is 7.78. The monoisotopic (exact) mass is 219 g/mol. The molecular weight excluding hydrogens is 202 g/mol. The minimum atomic E-state index is -0.187. The fourth-order valence-corrected chi connectivity index (χ4v) is 2.66. The second kappa shape index (κ2) is 3.67. The highest BCUT2D eigenvalue weighted by Crippen LogP contribution is 2.38. The Hall–Kier alpha value is -1.22. The molecule has 1 unspecified atom stereocenters. The van der Waals surface area contributed by atoms with Crippen molar-refractivity contribution in [2.75, 3.05) is 6.61 Å². The summed E-state index contributed by atoms with van der Waals surface area (Å²) in [6, 6.07) is 7.79. The Labute approximate surface area is 95.5 Å². The van der Waals surface area contributed by atoms with E-state index in [1.807, 2.05) is 24.3 Å². The Balaban J connectivity index is 1.82. The van der Waals surface area contributed by atoms with E-state index in [1.165, 1.54) is 12.8 Å². The summed E-state index contributed by atoms with van der Waals surface area (Å²) < 4.78 is 11.7. The summed E-state index contributed by atoms with van der Waals surface area (Å²) in [6.07, 6.45) is 4.51. The zero-order valence-corrected chi connectivity index (χ0v) is 9.32. The predicted molar refractivity (Wildman–Crippen MR) is 61.7 cm³/mol. The number of fused-ring (bicyclic) bond motifs is 1. The first-order valence-electron chi connectivity index (χ1n) is 5.95. The lowest BCUT2D eigenvalue weighted by Gasteiger charge is -2.37. The van der Waals surface area contributed by atoms with Gasteiger partial charge in [0, 0.05) is 0 Å². The molecule has 1 aliphatic heterocycles. The van der Waals surface area contributed by atoms with Crippen LogP contribution in [0.1, 0.15) is 25.7 Å². The molecule has 3 rings (SSSR count). The van der Waals surface area contributed by atoms with Crippen LogP contribution in [0.4, 0.5) is 0 Å². The molecule has 2 aliphatic rings. The number of hydrogen-bond donors (Lipinski definition) is 1. The van der Waals surface area contributed by atoms with Crippen molar-refractivity contribution in [1.29, 1.82) is 0 Å². The summed E-state index contributed by atoms with van der Waals surface area (Å²) in [4.78, 5) is 0. The largest absolute Gasteiger partial charge is 0.486 e. The van der Waals surface area contributed by atoms with Crippen LogP contribution in [0.2, 0.25) is 0 Å². The van der Waals surface area contributed by atoms with Gasteiger partial charge < -0.3 is 15.2 Å². The van der Waals surface area contributed by atoms with Crippen molar-refractivity contribution in [3.63, 3.8) is 0 Å². The molecule has 3 nitrogen and oxygen atoms in total. The Morgan fingerprint density at radius 3 is 2.56 bits per heavy atom. The fraction of sp³-hybridized carbons (Fsp3) is 0.538. The first kappa shape index (κ1) is 9.97. The molecule has 0 aromatic heterocycles. The maximum atomic E-state index is 6.39. The van der Waals surface area contributed by atoms with Gasteiger partial charge in [0.15, 0.2) is 17.6 Å². The Morgan fingerprint density at radius 2 is 1.81 bits per heavy atom. The van der Waals surface area contributed by atoms with Crippen molar-refractivity contribution in [2.45, 2.75) is 37.3 Å². The lowest BCUT2D eigenvalue weighted by molar-refractivity contribution is 0.0345. The van der Waals surface area contributed by atoms with E-state index in [1.54, 1.807) is 0 Å². The Morgan fingerprint density at radius 1 is 1.12 bits per heavy atom. The van der Waals surface area contributed by atoms with Crippen LogP contribution in [0.5, 0.6) is 11.5 Å². The van der Waals surface area contributed by atoms with Gasteiger partial charge in [-0.15, -0.1) is 0 Å². The van der Waals surface area contributed by atoms with Crippen molar-refractivity contribution >= 4 is 0 Å². The van der Waals surface area contributed by atoms with Crippen molar-refractivity contribution in [3.05, 3.63) is 24.3 Å². The molecule has 1 saturated carbocycles. The van der Waals surface area contributed by atoms with Gasteiger partial charge in [-0.05, 0) is 25.0 Å². The van der Waals surface area contributed by atoms with Gasteiger partial charge >= 0.3 is 0 Å². The number of rotatable bonds is 1. The molecule has 2 N–H and O–H groups in total. The van der Waals surface area contributed by atoms with Gasteiger partial charge in [0.05, 0.1) is 5.54 Å². The molecule has 1 atom stereocenters. The third kappa shape index (κ3) is 1.55. The second-order valence-electron chi connectivity index (χ2n) is 4.80. The third-order valence-corrected chi connectivity index (χ3v) is 3.68. The smallest absolute Gasteiger partial charge is 0.161 e. The predicted octanol–water partition coefficient (Wildman–Crippen LogP) is 2.10. The van der Waals surface area contributed by atoms with Gasteiger partial charge in [-0.1, -0.05) is 25.0 Å². The number of ether oxygens (including phenoxy) is 2. The quantitative estimate of drug-likeness (QED) is 0.786. The van der Waals surface area contributed by atoms with Crippen LogP contribution < -0.4 is 15.2 Å². The maximum Gasteiger partial charge on any atom is 0.161 e. The van der Waals surface area contributed by atoms with E-state index in [9.17, 15) is 0 Å². The highest BCUT2D eigenvalue weighted by molar-refractivity contribution is 5.41. The number of benzene rings is 1. The molecular formula is C13H17NO2. The average Bonchev–Trinajstić information content (AvgIpc) is 2.77. The van der Waals surface area contributed by atoms with Crippen LogP contribution in [-0.4, -0.2) is 18.2 Å². The minimum Gasteiger partial charge on any atom is -0.486 e. The molecule has 0 spiro atoms. The molecule has 86 valence electrons. The van der Waals surface area contributed by atoms with Crippen LogP contribution in [0, 0.1) is 0 Å². The lowest BCUT2D eigenvalue weighted by Crippen LogP contribution is -2.55. The van der Waals surface area contributed by atoms with E-state index in [-0.39, 0.29) is 11.6 Å². The summed E-state index contributed by atoms with van der Waals surface area (Å²) in [5.41, 5.74) is 6.20. The second-order valence-corrected chi connectivity index (χ2v) is 4.80. The Kier molecular flexibility index (Phi) is 2.28. The highest BCUT2D eigenvalue weighted by atomic mass is 16.6. The molecule has 0 radical (unpaired) electrons. The SMILES string of the molecule is NC1(C2COc3ccccc3O2)CCCC1. The summed E-state index contributed by atoms with van der Waals surface area (Å²) in [5.74, 6) is 1.66. The molecule has 0 bridgehead atoms. The van der Waals surface area contributed by atoms with Crippen LogP contribution in [0.3, 0.4) is 0 Å². The van der Waals surface area contributed by atoms with Crippen molar-refractivity contribution < 1.29 is 9.47 Å². The fourth-order valence-electron chi connectivity index (χ4n) is 2.66. The van der Waals surface area contributed by atoms with E-state index >= 15 is 0 Å². The van der Waals surface area contributed by atoms with E-state index in [0.29, 0.717) is 6.61 Å². The molecule has 1 heterocycles. The van der Waals surface area contributed by atoms with Crippen LogP contribution in [-0.2, 0) is 0 Å². The molecule has 1 aromatic carbocycles. The molecule has 3 heteroatoms. The van der Waals surface area contributed by atoms with Crippen molar-refractivity contribution in [3.8, 4) is 11.5 Å². The third-order valence-electron chi connectivity index (χ3n) is 3.68. The maximum absolute atomic E-state index is 6.39. The topological polar surface area (TPSA) is 44.5 Å². The summed E-state index contributed by atoms with van der Waals surface area (Å²) in [7, 11) is 0. The van der Waals surface area contributed by atoms with Gasteiger partial charge in [0.2, 0.25) is 0 Å². The van der Waals surface area contributed by atoms with Gasteiger partial charge in [-0.25, -0.2) is 0 Å². The van der Waals surface area contributed by atoms with Crippen LogP contribution >= 0.6 is 0 Å². The van der Waals surface area contributed by atoms with E-state index in [0.717, 1.165) is 24.3 Å². The molecule has 0 amide bonds. The van der Waals surface area contributed by atoms with Crippen molar-refractivity contribution in [2.24, 2.45) is 5.73 Å². The van der Waals surface area contributed by atoms with E-state index in [4.69, 9.17) is 15.2 Å². The standard InChI is InChI=1S/C13H17NO2/c14-13(7-3-4-8-13)12-9-15-10-5-1-2-6-11(10)16-12/h1-2,5-6,12H,3-4,7-9,14H2. The molecule has 1 aromatic rings. The van der Waals surface area contributed by atoms with Crippen molar-refractivity contribution in [1.82, 2.24) is 0 Å². The summed E-state index contributed by atoms with van der Waals surface area (Å²) in [6.45, 7) is 0.577. The lowest BCUT2D eigenvalue weighted by atomic mass is 9.91. The van der Waals surface area contributed by atoms with Gasteiger partial charge in [0.25, 0.3) is 0 Å². The van der Waals surface area contributed by atoms with E-state index < -0.39 is 0 Å². The van der Waals surface area contributed by atoms with Gasteiger partial charge in [-0.3, -0.25) is 0 Å². The van der Waals surface area contributed by atoms with Crippen LogP contribution in [0.15, 0.2) is 24.3 Å². The normalized spacial score (nSPS) is 26.7. The summed E-state index contributed by atoms with van der Waals surface area (Å²) in [5, 5.41) is 0. The highest BCUT2D eigenvalue weighted by Gasteiger charge is 2.41. The molecule has 1 fully saturated rings. The molecule has 1 aliphatic carbocycles. The number of nitrogens with two attached hydrogens (primary N) is 1. The van der Waals surface area contributed by atoms with Gasteiger partial charge in [0.1, 0.15) is 6.61 Å². The van der Waals surface area contributed by atoms with E-state index in [2.05, 4.69) is 0 Å². The zero-order valence-electron chi connectivity index (χ0n) is 9.32. The zero-order chi connectivity index (χ0) is 11.0.